The summed E-state index contributed by atoms with van der Waals surface area (Å²) in [5, 5.41) is 2.36. The fourth-order valence-corrected chi connectivity index (χ4v) is 4.47. The van der Waals surface area contributed by atoms with Crippen LogP contribution in [0.15, 0.2) is 12.1 Å². The molecule has 6 nitrogen and oxygen atoms in total. The molecule has 0 aromatic heterocycles. The predicted octanol–water partition coefficient (Wildman–Crippen LogP) is 1.66. The van der Waals surface area contributed by atoms with Gasteiger partial charge in [-0.05, 0) is 30.9 Å². The Morgan fingerprint density at radius 3 is 2.44 bits per heavy atom. The Balaban J connectivity index is 1.84. The van der Waals surface area contributed by atoms with E-state index in [1.165, 1.54) is 7.05 Å². The Hall–Kier alpha value is -2.03. The molecule has 0 radical (unpaired) electrons. The maximum atomic E-state index is 14.5. The van der Waals surface area contributed by atoms with Gasteiger partial charge in [-0.3, -0.25) is 13.9 Å². The molecule has 136 valence electrons. The topological polar surface area (TPSA) is 75.7 Å². The highest BCUT2D eigenvalue weighted by Crippen LogP contribution is 2.34. The number of ether oxygens (including phenoxy) is 1. The molecule has 1 aromatic rings. The highest BCUT2D eigenvalue weighted by molar-refractivity contribution is 7.85. The van der Waals surface area contributed by atoms with Gasteiger partial charge in [0.1, 0.15) is 11.6 Å². The van der Waals surface area contributed by atoms with Gasteiger partial charge in [0.25, 0.3) is 5.91 Å². The van der Waals surface area contributed by atoms with Crippen LogP contribution in [-0.2, 0) is 20.3 Å². The third-order valence-electron chi connectivity index (χ3n) is 4.52. The van der Waals surface area contributed by atoms with Crippen molar-refractivity contribution in [3.8, 4) is 0 Å². The third-order valence-corrected chi connectivity index (χ3v) is 5.90. The largest absolute Gasteiger partial charge is 0.434 e. The lowest BCUT2D eigenvalue weighted by atomic mass is 9.92. The predicted molar refractivity (Wildman–Crippen MR) is 87.9 cm³/mol. The van der Waals surface area contributed by atoms with E-state index < -0.39 is 40.5 Å². The molecule has 3 rings (SSSR count). The molecule has 1 atom stereocenters. The summed E-state index contributed by atoms with van der Waals surface area (Å²) < 4.78 is 45.4. The molecule has 2 fully saturated rings. The third kappa shape index (κ3) is 3.51. The number of hydrogen-bond acceptors (Lipinski definition) is 4. The Morgan fingerprint density at radius 1 is 1.28 bits per heavy atom. The first-order chi connectivity index (χ1) is 11.9. The summed E-state index contributed by atoms with van der Waals surface area (Å²) in [5.74, 6) is -1.44. The number of nitrogens with zero attached hydrogens (tertiary/aromatic N) is 1. The van der Waals surface area contributed by atoms with E-state index >= 15 is 0 Å². The van der Waals surface area contributed by atoms with E-state index in [1.54, 1.807) is 0 Å². The molecular weight excluding hydrogens is 354 g/mol. The first-order valence-corrected chi connectivity index (χ1v) is 9.43. The van der Waals surface area contributed by atoms with Crippen LogP contribution >= 0.6 is 0 Å². The molecule has 1 N–H and O–H groups in total. The van der Waals surface area contributed by atoms with Crippen molar-refractivity contribution in [1.29, 1.82) is 0 Å². The number of nitrogens with one attached hydrogen (secondary N) is 1. The SMILES string of the molecule is CNC(=O)[C@H]1CN(c2cc(F)c(C3CCS(=O)CC3)c(F)c2)C(=O)O1. The van der Waals surface area contributed by atoms with Crippen LogP contribution in [0, 0.1) is 11.6 Å². The average Bonchev–Trinajstić information content (AvgIpc) is 2.97. The molecule has 1 aromatic carbocycles. The van der Waals surface area contributed by atoms with Gasteiger partial charge in [0.2, 0.25) is 0 Å². The van der Waals surface area contributed by atoms with Crippen LogP contribution in [0.3, 0.4) is 0 Å². The fraction of sp³-hybridized carbons (Fsp3) is 0.500. The van der Waals surface area contributed by atoms with E-state index in [4.69, 9.17) is 4.74 Å². The maximum absolute atomic E-state index is 14.5. The number of carbonyl (C=O) groups is 2. The quantitative estimate of drug-likeness (QED) is 0.876. The minimum absolute atomic E-state index is 0.00883. The molecule has 9 heteroatoms. The molecule has 25 heavy (non-hydrogen) atoms. The van der Waals surface area contributed by atoms with Crippen molar-refractivity contribution in [2.75, 3.05) is 30.0 Å². The molecule has 0 bridgehead atoms. The first-order valence-electron chi connectivity index (χ1n) is 7.94. The monoisotopic (exact) mass is 372 g/mol. The van der Waals surface area contributed by atoms with Crippen molar-refractivity contribution in [3.05, 3.63) is 29.3 Å². The van der Waals surface area contributed by atoms with E-state index in [1.807, 2.05) is 0 Å². The molecule has 0 aliphatic carbocycles. The number of likely N-dealkylation sites (N-methyl/N-ethyl adjacent to an activating group) is 1. The molecule has 0 spiro atoms. The molecule has 2 aliphatic rings. The number of amides is 2. The summed E-state index contributed by atoms with van der Waals surface area (Å²) in [6, 6.07) is 2.16. The molecule has 0 unspecified atom stereocenters. The second-order valence-corrected chi connectivity index (χ2v) is 7.74. The summed E-state index contributed by atoms with van der Waals surface area (Å²) in [6.07, 6.45) is -0.918. The van der Waals surface area contributed by atoms with E-state index in [-0.39, 0.29) is 23.7 Å². The molecular formula is C16H18F2N2O4S. The maximum Gasteiger partial charge on any atom is 0.415 e. The van der Waals surface area contributed by atoms with E-state index in [0.717, 1.165) is 17.0 Å². The van der Waals surface area contributed by atoms with Crippen LogP contribution in [0.25, 0.3) is 0 Å². The van der Waals surface area contributed by atoms with E-state index in [2.05, 4.69) is 5.32 Å². The molecule has 2 heterocycles. The highest BCUT2D eigenvalue weighted by atomic mass is 32.2. The minimum atomic E-state index is -1.02. The number of benzene rings is 1. The van der Waals surface area contributed by atoms with Crippen LogP contribution in [-0.4, -0.2) is 47.4 Å². The molecule has 0 saturated carbocycles. The Bertz CT molecular complexity index is 710. The average molecular weight is 372 g/mol. The lowest BCUT2D eigenvalue weighted by Crippen LogP contribution is -2.35. The van der Waals surface area contributed by atoms with Crippen molar-refractivity contribution < 1.29 is 27.3 Å². The summed E-state index contributed by atoms with van der Waals surface area (Å²) in [7, 11) is 0.486. The first kappa shape index (κ1) is 17.8. The van der Waals surface area contributed by atoms with Gasteiger partial charge in [0, 0.05) is 34.9 Å². The van der Waals surface area contributed by atoms with Gasteiger partial charge >= 0.3 is 6.09 Å². The lowest BCUT2D eigenvalue weighted by Gasteiger charge is -2.23. The summed E-state index contributed by atoms with van der Waals surface area (Å²) in [5.41, 5.74) is -0.0228. The van der Waals surface area contributed by atoms with Crippen LogP contribution in [0.2, 0.25) is 0 Å². The van der Waals surface area contributed by atoms with Crippen molar-refractivity contribution in [1.82, 2.24) is 5.32 Å². The van der Waals surface area contributed by atoms with Gasteiger partial charge < -0.3 is 10.1 Å². The van der Waals surface area contributed by atoms with Gasteiger partial charge in [-0.25, -0.2) is 13.6 Å². The van der Waals surface area contributed by atoms with Crippen LogP contribution < -0.4 is 10.2 Å². The van der Waals surface area contributed by atoms with Gasteiger partial charge in [-0.1, -0.05) is 0 Å². The van der Waals surface area contributed by atoms with Gasteiger partial charge in [-0.2, -0.15) is 0 Å². The zero-order valence-corrected chi connectivity index (χ0v) is 14.4. The van der Waals surface area contributed by atoms with E-state index in [0.29, 0.717) is 24.3 Å². The van der Waals surface area contributed by atoms with Crippen LogP contribution in [0.4, 0.5) is 19.3 Å². The Morgan fingerprint density at radius 2 is 1.88 bits per heavy atom. The highest BCUT2D eigenvalue weighted by Gasteiger charge is 2.37. The number of halogens is 2. The zero-order valence-electron chi connectivity index (χ0n) is 13.6. The molecule has 2 saturated heterocycles. The smallest absolute Gasteiger partial charge is 0.415 e. The Kier molecular flexibility index (Phi) is 5.03. The number of cyclic esters (lactones) is 1. The van der Waals surface area contributed by atoms with Crippen molar-refractivity contribution >= 4 is 28.5 Å². The minimum Gasteiger partial charge on any atom is -0.434 e. The zero-order chi connectivity index (χ0) is 18.1. The van der Waals surface area contributed by atoms with Gasteiger partial charge in [0.15, 0.2) is 6.10 Å². The number of rotatable bonds is 3. The summed E-state index contributed by atoms with van der Waals surface area (Å²) in [4.78, 5) is 24.5. The number of hydrogen-bond donors (Lipinski definition) is 1. The normalized spacial score (nSPS) is 26.4. The number of carbonyl (C=O) groups excluding carboxylic acids is 2. The van der Waals surface area contributed by atoms with Crippen LogP contribution in [0.5, 0.6) is 0 Å². The van der Waals surface area contributed by atoms with Crippen LogP contribution in [0.1, 0.15) is 24.3 Å². The molecule has 2 amide bonds. The van der Waals surface area contributed by atoms with Gasteiger partial charge in [0.05, 0.1) is 12.2 Å². The number of anilines is 1. The standard InChI is InChI=1S/C16H18F2N2O4S/c1-19-15(21)13-8-20(16(22)24-13)10-6-11(17)14(12(18)7-10)9-2-4-25(23)5-3-9/h6-7,9,13H,2-5,8H2,1H3,(H,19,21)/t9?,13-,25?/m1/s1. The second-order valence-electron chi connectivity index (χ2n) is 6.04. The van der Waals surface area contributed by atoms with Crippen molar-refractivity contribution in [2.24, 2.45) is 0 Å². The van der Waals surface area contributed by atoms with E-state index in [9.17, 15) is 22.6 Å². The second kappa shape index (κ2) is 7.07. The Labute approximate surface area is 146 Å². The molecule has 2 aliphatic heterocycles. The van der Waals surface area contributed by atoms with Crippen molar-refractivity contribution in [3.63, 3.8) is 0 Å². The fourth-order valence-electron chi connectivity index (χ4n) is 3.17. The summed E-state index contributed by atoms with van der Waals surface area (Å²) >= 11 is 0. The summed E-state index contributed by atoms with van der Waals surface area (Å²) in [6.45, 7) is -0.112. The lowest BCUT2D eigenvalue weighted by molar-refractivity contribution is -0.127. The van der Waals surface area contributed by atoms with Gasteiger partial charge in [-0.15, -0.1) is 0 Å². The van der Waals surface area contributed by atoms with Crippen molar-refractivity contribution in [2.45, 2.75) is 24.9 Å².